The maximum atomic E-state index is 12.6. The summed E-state index contributed by atoms with van der Waals surface area (Å²) >= 11 is 0. The first-order chi connectivity index (χ1) is 10.8. The van der Waals surface area contributed by atoms with Crippen LogP contribution in [0.3, 0.4) is 0 Å². The van der Waals surface area contributed by atoms with Gasteiger partial charge in [0.1, 0.15) is 11.6 Å². The Labute approximate surface area is 137 Å². The molecule has 2 rings (SSSR count). The van der Waals surface area contributed by atoms with Crippen molar-refractivity contribution in [1.82, 2.24) is 14.8 Å². The average molecular weight is 321 g/mol. The SMILES string of the molecule is C[C@H](C(=O)N1CCC[C@@H](NC(=O)OC(C)(C)C)C1)n1cccc1. The summed E-state index contributed by atoms with van der Waals surface area (Å²) in [7, 11) is 0. The van der Waals surface area contributed by atoms with Gasteiger partial charge >= 0.3 is 6.09 Å². The summed E-state index contributed by atoms with van der Waals surface area (Å²) in [6.45, 7) is 8.67. The summed E-state index contributed by atoms with van der Waals surface area (Å²) in [6.07, 6.45) is 5.10. The highest BCUT2D eigenvalue weighted by molar-refractivity contribution is 5.80. The monoisotopic (exact) mass is 321 g/mol. The van der Waals surface area contributed by atoms with Crippen molar-refractivity contribution < 1.29 is 14.3 Å². The van der Waals surface area contributed by atoms with Crippen molar-refractivity contribution in [3.8, 4) is 0 Å². The molecule has 23 heavy (non-hydrogen) atoms. The summed E-state index contributed by atoms with van der Waals surface area (Å²) in [5.74, 6) is 0.0805. The zero-order valence-electron chi connectivity index (χ0n) is 14.4. The lowest BCUT2D eigenvalue weighted by molar-refractivity contribution is -0.135. The highest BCUT2D eigenvalue weighted by Crippen LogP contribution is 2.17. The summed E-state index contributed by atoms with van der Waals surface area (Å²) in [6, 6.07) is 3.53. The fourth-order valence-electron chi connectivity index (χ4n) is 2.77. The summed E-state index contributed by atoms with van der Waals surface area (Å²) in [4.78, 5) is 26.3. The minimum atomic E-state index is -0.517. The van der Waals surface area contributed by atoms with Gasteiger partial charge in [-0.05, 0) is 52.7 Å². The Balaban J connectivity index is 1.90. The molecule has 6 heteroatoms. The summed E-state index contributed by atoms with van der Waals surface area (Å²) < 4.78 is 7.18. The Morgan fingerprint density at radius 3 is 2.52 bits per heavy atom. The molecule has 1 aliphatic heterocycles. The Kier molecular flexibility index (Phi) is 5.34. The van der Waals surface area contributed by atoms with E-state index in [4.69, 9.17) is 4.74 Å². The van der Waals surface area contributed by atoms with E-state index in [2.05, 4.69) is 5.32 Å². The van der Waals surface area contributed by atoms with Crippen LogP contribution in [0, 0.1) is 0 Å². The van der Waals surface area contributed by atoms with Gasteiger partial charge in [0.2, 0.25) is 5.91 Å². The van der Waals surface area contributed by atoms with Crippen molar-refractivity contribution >= 4 is 12.0 Å². The molecule has 0 radical (unpaired) electrons. The quantitative estimate of drug-likeness (QED) is 0.930. The van der Waals surface area contributed by atoms with Gasteiger partial charge in [-0.1, -0.05) is 0 Å². The first-order valence-corrected chi connectivity index (χ1v) is 8.17. The number of rotatable bonds is 3. The van der Waals surface area contributed by atoms with Gasteiger partial charge < -0.3 is 19.5 Å². The normalized spacial score (nSPS) is 20.0. The van der Waals surface area contributed by atoms with Gasteiger partial charge in [0, 0.05) is 31.5 Å². The van der Waals surface area contributed by atoms with Crippen molar-refractivity contribution in [1.29, 1.82) is 0 Å². The number of ether oxygens (including phenoxy) is 1. The Morgan fingerprint density at radius 1 is 1.26 bits per heavy atom. The Bertz CT molecular complexity index is 534. The topological polar surface area (TPSA) is 63.6 Å². The lowest BCUT2D eigenvalue weighted by atomic mass is 10.0. The van der Waals surface area contributed by atoms with Crippen molar-refractivity contribution in [2.45, 2.75) is 58.2 Å². The molecule has 2 amide bonds. The third-order valence-electron chi connectivity index (χ3n) is 3.89. The largest absolute Gasteiger partial charge is 0.444 e. The van der Waals surface area contributed by atoms with Crippen molar-refractivity contribution in [3.05, 3.63) is 24.5 Å². The van der Waals surface area contributed by atoms with Crippen LogP contribution in [-0.4, -0.2) is 46.2 Å². The van der Waals surface area contributed by atoms with E-state index in [9.17, 15) is 9.59 Å². The highest BCUT2D eigenvalue weighted by atomic mass is 16.6. The Hall–Kier alpha value is -1.98. The van der Waals surface area contributed by atoms with Crippen LogP contribution in [0.4, 0.5) is 4.79 Å². The van der Waals surface area contributed by atoms with E-state index >= 15 is 0 Å². The van der Waals surface area contributed by atoms with E-state index in [-0.39, 0.29) is 18.0 Å². The molecule has 1 fully saturated rings. The second-order valence-electron chi connectivity index (χ2n) is 7.08. The molecule has 128 valence electrons. The summed E-state index contributed by atoms with van der Waals surface area (Å²) in [5, 5.41) is 2.87. The van der Waals surface area contributed by atoms with Crippen LogP contribution in [0.5, 0.6) is 0 Å². The molecule has 0 unspecified atom stereocenters. The molecule has 2 atom stereocenters. The minimum Gasteiger partial charge on any atom is -0.444 e. The second-order valence-corrected chi connectivity index (χ2v) is 7.08. The number of aromatic nitrogens is 1. The van der Waals surface area contributed by atoms with Crippen molar-refractivity contribution in [2.24, 2.45) is 0 Å². The minimum absolute atomic E-state index is 0.0561. The number of carbonyl (C=O) groups excluding carboxylic acids is 2. The number of nitrogens with one attached hydrogen (secondary N) is 1. The smallest absolute Gasteiger partial charge is 0.407 e. The molecule has 1 aromatic rings. The van der Waals surface area contributed by atoms with Crippen molar-refractivity contribution in [3.63, 3.8) is 0 Å². The van der Waals surface area contributed by atoms with Gasteiger partial charge in [-0.2, -0.15) is 0 Å². The van der Waals surface area contributed by atoms with Crippen LogP contribution < -0.4 is 5.32 Å². The predicted octanol–water partition coefficient (Wildman–Crippen LogP) is 2.56. The number of piperidine rings is 1. The summed E-state index contributed by atoms with van der Waals surface area (Å²) in [5.41, 5.74) is -0.517. The van der Waals surface area contributed by atoms with Gasteiger partial charge in [-0.3, -0.25) is 4.79 Å². The zero-order chi connectivity index (χ0) is 17.0. The molecular formula is C17H27N3O3. The standard InChI is InChI=1S/C17H27N3O3/c1-13(19-9-5-6-10-19)15(21)20-11-7-8-14(12-20)18-16(22)23-17(2,3)4/h5-6,9-10,13-14H,7-8,11-12H2,1-4H3,(H,18,22)/t13-,14-/m1/s1. The van der Waals surface area contributed by atoms with E-state index < -0.39 is 11.7 Å². The molecule has 2 heterocycles. The van der Waals surface area contributed by atoms with Crippen LogP contribution in [0.1, 0.15) is 46.6 Å². The molecule has 0 aromatic carbocycles. The molecule has 6 nitrogen and oxygen atoms in total. The third-order valence-corrected chi connectivity index (χ3v) is 3.89. The molecular weight excluding hydrogens is 294 g/mol. The number of amides is 2. The second kappa shape index (κ2) is 7.06. The fourth-order valence-corrected chi connectivity index (χ4v) is 2.77. The number of nitrogens with zero attached hydrogens (tertiary/aromatic N) is 2. The van der Waals surface area contributed by atoms with E-state index in [1.165, 1.54) is 0 Å². The van der Waals surface area contributed by atoms with Crippen LogP contribution in [0.2, 0.25) is 0 Å². The molecule has 1 aliphatic rings. The van der Waals surface area contributed by atoms with Gasteiger partial charge in [0.15, 0.2) is 0 Å². The van der Waals surface area contributed by atoms with Crippen molar-refractivity contribution in [2.75, 3.05) is 13.1 Å². The molecule has 1 aromatic heterocycles. The predicted molar refractivity (Wildman–Crippen MR) is 88.1 cm³/mol. The average Bonchev–Trinajstić information content (AvgIpc) is 2.98. The van der Waals surface area contributed by atoms with Crippen LogP contribution >= 0.6 is 0 Å². The Morgan fingerprint density at radius 2 is 1.91 bits per heavy atom. The van der Waals surface area contributed by atoms with E-state index in [0.29, 0.717) is 6.54 Å². The van der Waals surface area contributed by atoms with Gasteiger partial charge in [-0.25, -0.2) is 4.79 Å². The number of alkyl carbamates (subject to hydrolysis) is 1. The lowest BCUT2D eigenvalue weighted by Crippen LogP contribution is -2.51. The van der Waals surface area contributed by atoms with Crippen LogP contribution in [-0.2, 0) is 9.53 Å². The molecule has 1 saturated heterocycles. The number of hydrogen-bond donors (Lipinski definition) is 1. The molecule has 0 bridgehead atoms. The molecule has 0 aliphatic carbocycles. The fraction of sp³-hybridized carbons (Fsp3) is 0.647. The molecule has 1 N–H and O–H groups in total. The first-order valence-electron chi connectivity index (χ1n) is 8.17. The number of likely N-dealkylation sites (tertiary alicyclic amines) is 1. The van der Waals surface area contributed by atoms with Gasteiger partial charge in [-0.15, -0.1) is 0 Å². The maximum Gasteiger partial charge on any atom is 0.407 e. The van der Waals surface area contributed by atoms with Gasteiger partial charge in [0.05, 0.1) is 0 Å². The van der Waals surface area contributed by atoms with E-state index in [1.807, 2.05) is 61.7 Å². The lowest BCUT2D eigenvalue weighted by Gasteiger charge is -2.35. The third kappa shape index (κ3) is 5.01. The van der Waals surface area contributed by atoms with E-state index in [1.54, 1.807) is 0 Å². The van der Waals surface area contributed by atoms with Gasteiger partial charge in [0.25, 0.3) is 0 Å². The van der Waals surface area contributed by atoms with Crippen LogP contribution in [0.15, 0.2) is 24.5 Å². The maximum absolute atomic E-state index is 12.6. The molecule has 0 spiro atoms. The van der Waals surface area contributed by atoms with E-state index in [0.717, 1.165) is 19.4 Å². The highest BCUT2D eigenvalue weighted by Gasteiger charge is 2.29. The molecule has 0 saturated carbocycles. The number of hydrogen-bond acceptors (Lipinski definition) is 3. The zero-order valence-corrected chi connectivity index (χ0v) is 14.4. The first kappa shape index (κ1) is 17.4. The number of carbonyl (C=O) groups is 2. The van der Waals surface area contributed by atoms with Crippen LogP contribution in [0.25, 0.3) is 0 Å².